The molecule has 1 aliphatic heterocycles. The normalized spacial score (nSPS) is 14.8. The topological polar surface area (TPSA) is 142 Å². The van der Waals surface area contributed by atoms with Crippen LogP contribution < -0.4 is 10.1 Å². The van der Waals surface area contributed by atoms with Gasteiger partial charge in [-0.2, -0.15) is 8.78 Å². The molecule has 1 aromatic carbocycles. The van der Waals surface area contributed by atoms with Crippen molar-refractivity contribution in [1.29, 1.82) is 0 Å². The first-order valence-electron chi connectivity index (χ1n) is 10.8. The molecular weight excluding hydrogens is 506 g/mol. The largest absolute Gasteiger partial charge is 0.481 e. The minimum absolute atomic E-state index is 0.0488. The van der Waals surface area contributed by atoms with E-state index in [1.54, 1.807) is 6.07 Å². The van der Waals surface area contributed by atoms with Crippen molar-refractivity contribution in [2.24, 2.45) is 0 Å². The van der Waals surface area contributed by atoms with Crippen LogP contribution in [0.4, 0.5) is 17.6 Å². The molecule has 0 unspecified atom stereocenters. The number of carboxylic acid groups (broad SMARTS) is 1. The number of benzene rings is 1. The van der Waals surface area contributed by atoms with Crippen molar-refractivity contribution in [1.82, 2.24) is 25.1 Å². The molecule has 0 spiro atoms. The van der Waals surface area contributed by atoms with E-state index in [9.17, 15) is 36.7 Å². The number of nitrogens with one attached hydrogen (secondary N) is 1. The molecule has 37 heavy (non-hydrogen) atoms. The van der Waals surface area contributed by atoms with Gasteiger partial charge in [0.15, 0.2) is 23.2 Å². The van der Waals surface area contributed by atoms with Gasteiger partial charge < -0.3 is 20.1 Å². The fourth-order valence-corrected chi connectivity index (χ4v) is 3.43. The standard InChI is InChI=1S/C22H21F4N5O6/c23-12-6-13(24)21(26)22(20(12)25)37-11-15(32)14(7-19(35)36)29-17(33)9-30-4-5-31(18(34)10-30)8-16-27-2-1-3-28-16/h1-3,6,14H,4-5,7-11H2,(H,29,33)(H,35,36)/t14-/m0/s1. The molecule has 2 aromatic rings. The molecule has 1 aliphatic rings. The van der Waals surface area contributed by atoms with Crippen molar-refractivity contribution in [3.63, 3.8) is 0 Å². The number of carbonyl (C=O) groups is 4. The van der Waals surface area contributed by atoms with E-state index in [2.05, 4.69) is 20.0 Å². The quantitative estimate of drug-likeness (QED) is 0.311. The van der Waals surface area contributed by atoms with Crippen LogP contribution >= 0.6 is 0 Å². The predicted molar refractivity (Wildman–Crippen MR) is 115 cm³/mol. The lowest BCUT2D eigenvalue weighted by Crippen LogP contribution is -2.54. The maximum absolute atomic E-state index is 13.7. The highest BCUT2D eigenvalue weighted by atomic mass is 19.2. The fourth-order valence-electron chi connectivity index (χ4n) is 3.43. The fraction of sp³-hybridized carbons (Fsp3) is 0.364. The number of halogens is 4. The van der Waals surface area contributed by atoms with Gasteiger partial charge in [0.05, 0.1) is 26.1 Å². The number of ether oxygens (including phenoxy) is 1. The second-order valence-electron chi connectivity index (χ2n) is 7.96. The van der Waals surface area contributed by atoms with Gasteiger partial charge in [0.2, 0.25) is 23.4 Å². The van der Waals surface area contributed by atoms with Crippen LogP contribution in [-0.2, 0) is 25.7 Å². The van der Waals surface area contributed by atoms with E-state index in [-0.39, 0.29) is 44.7 Å². The first kappa shape index (κ1) is 27.4. The van der Waals surface area contributed by atoms with Crippen molar-refractivity contribution in [2.45, 2.75) is 19.0 Å². The Labute approximate surface area is 207 Å². The number of hydrogen-bond acceptors (Lipinski definition) is 8. The number of aliphatic carboxylic acids is 1. The van der Waals surface area contributed by atoms with E-state index in [0.29, 0.717) is 5.82 Å². The maximum Gasteiger partial charge on any atom is 0.305 e. The molecule has 11 nitrogen and oxygen atoms in total. The summed E-state index contributed by atoms with van der Waals surface area (Å²) in [5, 5.41) is 11.2. The van der Waals surface area contributed by atoms with Gasteiger partial charge in [0.25, 0.3) is 0 Å². The molecule has 0 radical (unpaired) electrons. The van der Waals surface area contributed by atoms with E-state index in [0.717, 1.165) is 0 Å². The molecule has 0 saturated carbocycles. The summed E-state index contributed by atoms with van der Waals surface area (Å²) < 4.78 is 58.6. The number of rotatable bonds is 11. The third-order valence-electron chi connectivity index (χ3n) is 5.25. The van der Waals surface area contributed by atoms with E-state index in [1.807, 2.05) is 0 Å². The van der Waals surface area contributed by atoms with Gasteiger partial charge in [-0.05, 0) is 6.07 Å². The summed E-state index contributed by atoms with van der Waals surface area (Å²) in [6.07, 6.45) is 2.17. The van der Waals surface area contributed by atoms with Crippen LogP contribution in [0.15, 0.2) is 24.5 Å². The Hall–Kier alpha value is -4.14. The second kappa shape index (κ2) is 12.2. The number of amides is 2. The number of hydrogen-bond donors (Lipinski definition) is 2. The summed E-state index contributed by atoms with van der Waals surface area (Å²) in [4.78, 5) is 59.5. The molecule has 0 bridgehead atoms. The lowest BCUT2D eigenvalue weighted by molar-refractivity contribution is -0.140. The Kier molecular flexibility index (Phi) is 9.05. The van der Waals surface area contributed by atoms with E-state index in [1.165, 1.54) is 22.2 Å². The van der Waals surface area contributed by atoms with Crippen LogP contribution in [-0.4, -0.2) is 87.3 Å². The zero-order chi connectivity index (χ0) is 27.1. The number of nitrogens with zero attached hydrogens (tertiary/aromatic N) is 4. The number of aromatic nitrogens is 2. The SMILES string of the molecule is O=C(O)C[C@H](NC(=O)CN1CCN(Cc2ncccn2)C(=O)C1)C(=O)COc1c(F)c(F)cc(F)c1F. The highest BCUT2D eigenvalue weighted by Crippen LogP contribution is 2.26. The van der Waals surface area contributed by atoms with Crippen molar-refractivity contribution in [3.8, 4) is 5.75 Å². The summed E-state index contributed by atoms with van der Waals surface area (Å²) in [5.74, 6) is -12.1. The van der Waals surface area contributed by atoms with Crippen LogP contribution in [0, 0.1) is 23.3 Å². The summed E-state index contributed by atoms with van der Waals surface area (Å²) in [7, 11) is 0. The van der Waals surface area contributed by atoms with Crippen molar-refractivity contribution < 1.29 is 46.6 Å². The molecule has 198 valence electrons. The summed E-state index contributed by atoms with van der Waals surface area (Å²) >= 11 is 0. The summed E-state index contributed by atoms with van der Waals surface area (Å²) in [6.45, 7) is -0.943. The lowest BCUT2D eigenvalue weighted by atomic mass is 10.1. The molecule has 1 atom stereocenters. The van der Waals surface area contributed by atoms with Gasteiger partial charge in [0, 0.05) is 31.5 Å². The van der Waals surface area contributed by atoms with E-state index >= 15 is 0 Å². The Morgan fingerprint density at radius 3 is 2.32 bits per heavy atom. The number of ketones is 1. The third kappa shape index (κ3) is 7.42. The maximum atomic E-state index is 13.7. The highest BCUT2D eigenvalue weighted by Gasteiger charge is 2.29. The van der Waals surface area contributed by atoms with Gasteiger partial charge in [-0.25, -0.2) is 18.7 Å². The number of carbonyl (C=O) groups excluding carboxylic acids is 3. The average molecular weight is 527 g/mol. The molecule has 2 heterocycles. The Bertz CT molecular complexity index is 1160. The van der Waals surface area contributed by atoms with E-state index < -0.39 is 65.7 Å². The second-order valence-corrected chi connectivity index (χ2v) is 7.96. The third-order valence-corrected chi connectivity index (χ3v) is 5.25. The molecule has 0 aliphatic carbocycles. The summed E-state index contributed by atoms with van der Waals surface area (Å²) in [5.41, 5.74) is 0. The van der Waals surface area contributed by atoms with Gasteiger partial charge in [0.1, 0.15) is 18.5 Å². The zero-order valence-corrected chi connectivity index (χ0v) is 19.1. The molecular formula is C22H21F4N5O6. The van der Waals surface area contributed by atoms with Gasteiger partial charge >= 0.3 is 5.97 Å². The van der Waals surface area contributed by atoms with Crippen LogP contribution in [0.5, 0.6) is 5.75 Å². The minimum atomic E-state index is -1.88. The Balaban J connectivity index is 1.55. The first-order chi connectivity index (χ1) is 17.5. The monoisotopic (exact) mass is 527 g/mol. The molecule has 2 amide bonds. The van der Waals surface area contributed by atoms with Gasteiger partial charge in [-0.15, -0.1) is 0 Å². The van der Waals surface area contributed by atoms with Crippen molar-refractivity contribution in [2.75, 3.05) is 32.8 Å². The molecule has 1 fully saturated rings. The number of carboxylic acids is 1. The Morgan fingerprint density at radius 1 is 1.08 bits per heavy atom. The number of piperazine rings is 1. The van der Waals surface area contributed by atoms with Crippen LogP contribution in [0.3, 0.4) is 0 Å². The predicted octanol–water partition coefficient (Wildman–Crippen LogP) is 0.285. The lowest BCUT2D eigenvalue weighted by Gasteiger charge is -2.33. The molecule has 2 N–H and O–H groups in total. The molecule has 15 heteroatoms. The van der Waals surface area contributed by atoms with Gasteiger partial charge in [-0.1, -0.05) is 0 Å². The molecule has 1 saturated heterocycles. The zero-order valence-electron chi connectivity index (χ0n) is 19.1. The molecule has 3 rings (SSSR count). The first-order valence-corrected chi connectivity index (χ1v) is 10.8. The average Bonchev–Trinajstić information content (AvgIpc) is 2.84. The van der Waals surface area contributed by atoms with Gasteiger partial charge in [-0.3, -0.25) is 24.1 Å². The van der Waals surface area contributed by atoms with E-state index in [4.69, 9.17) is 5.11 Å². The highest BCUT2D eigenvalue weighted by molar-refractivity contribution is 5.93. The molecule has 1 aromatic heterocycles. The number of Topliss-reactive ketones (excluding diaryl/α,β-unsaturated/α-hetero) is 1. The summed E-state index contributed by atoms with van der Waals surface area (Å²) in [6, 6.07) is -0.0946. The van der Waals surface area contributed by atoms with Crippen molar-refractivity contribution >= 4 is 23.6 Å². The minimum Gasteiger partial charge on any atom is -0.481 e. The van der Waals surface area contributed by atoms with Crippen molar-refractivity contribution in [3.05, 3.63) is 53.6 Å². The smallest absolute Gasteiger partial charge is 0.305 e. The van der Waals surface area contributed by atoms with Crippen LogP contribution in [0.25, 0.3) is 0 Å². The van der Waals surface area contributed by atoms with Crippen LogP contribution in [0.1, 0.15) is 12.2 Å². The van der Waals surface area contributed by atoms with Crippen LogP contribution in [0.2, 0.25) is 0 Å². The Morgan fingerprint density at radius 2 is 1.73 bits per heavy atom.